The summed E-state index contributed by atoms with van der Waals surface area (Å²) < 4.78 is 26.6. The Morgan fingerprint density at radius 3 is 2.48 bits per heavy atom. The molecule has 1 aromatic carbocycles. The molecule has 0 aliphatic rings. The minimum Gasteiger partial charge on any atom is -0.330 e. The number of rotatable bonds is 7. The maximum Gasteiger partial charge on any atom is 0.137 e. The third-order valence-corrected chi connectivity index (χ3v) is 3.91. The summed E-state index contributed by atoms with van der Waals surface area (Å²) in [6.07, 6.45) is 1.92. The minimum atomic E-state index is -0.529. The summed E-state index contributed by atoms with van der Waals surface area (Å²) >= 11 is 0. The first-order chi connectivity index (χ1) is 9.74. The predicted molar refractivity (Wildman–Crippen MR) is 80.9 cm³/mol. The summed E-state index contributed by atoms with van der Waals surface area (Å²) in [7, 11) is 0. The van der Waals surface area contributed by atoms with Crippen LogP contribution in [-0.2, 0) is 11.2 Å². The molecule has 1 aromatic rings. The first-order valence-electron chi connectivity index (χ1n) is 7.39. The number of carbonyl (C=O) groups excluding carboxylic acids is 1. The second-order valence-corrected chi connectivity index (χ2v) is 6.63. The zero-order valence-electron chi connectivity index (χ0n) is 13.1. The van der Waals surface area contributed by atoms with Gasteiger partial charge in [0.25, 0.3) is 0 Å². The quantitative estimate of drug-likeness (QED) is 0.830. The molecule has 0 bridgehead atoms. The van der Waals surface area contributed by atoms with Crippen LogP contribution in [0.5, 0.6) is 0 Å². The number of Topliss-reactive ketones (excluding diaryl/α,β-unsaturated/α-hetero) is 1. The van der Waals surface area contributed by atoms with Gasteiger partial charge in [-0.25, -0.2) is 8.78 Å². The number of nitrogens with two attached hydrogens (primary N) is 1. The Hall–Kier alpha value is -1.29. The van der Waals surface area contributed by atoms with Gasteiger partial charge in [-0.05, 0) is 54.5 Å². The van der Waals surface area contributed by atoms with Crippen molar-refractivity contribution < 1.29 is 13.6 Å². The van der Waals surface area contributed by atoms with Crippen molar-refractivity contribution in [2.75, 3.05) is 6.54 Å². The SMILES string of the molecule is CC(C)(C)C(CCN)CCC(=O)Cc1cc(F)ccc1F. The highest BCUT2D eigenvalue weighted by atomic mass is 19.1. The molecule has 4 heteroatoms. The molecule has 0 saturated carbocycles. The number of hydrogen-bond donors (Lipinski definition) is 1. The Balaban J connectivity index is 2.59. The van der Waals surface area contributed by atoms with Gasteiger partial charge < -0.3 is 5.73 Å². The molecule has 0 heterocycles. The lowest BCUT2D eigenvalue weighted by molar-refractivity contribution is -0.118. The number of halogens is 2. The molecule has 1 rings (SSSR count). The second-order valence-electron chi connectivity index (χ2n) is 6.63. The van der Waals surface area contributed by atoms with Crippen molar-refractivity contribution in [3.05, 3.63) is 35.4 Å². The van der Waals surface area contributed by atoms with Crippen LogP contribution in [0, 0.1) is 23.0 Å². The number of carbonyl (C=O) groups is 1. The molecule has 0 spiro atoms. The fourth-order valence-corrected chi connectivity index (χ4v) is 2.53. The molecule has 0 radical (unpaired) electrons. The van der Waals surface area contributed by atoms with E-state index in [0.717, 1.165) is 31.0 Å². The van der Waals surface area contributed by atoms with E-state index in [0.29, 0.717) is 18.9 Å². The van der Waals surface area contributed by atoms with Gasteiger partial charge in [0.2, 0.25) is 0 Å². The lowest BCUT2D eigenvalue weighted by atomic mass is 9.76. The van der Waals surface area contributed by atoms with E-state index in [9.17, 15) is 13.6 Å². The molecule has 1 unspecified atom stereocenters. The van der Waals surface area contributed by atoms with Crippen molar-refractivity contribution in [2.45, 2.75) is 46.5 Å². The molecular weight excluding hydrogens is 272 g/mol. The predicted octanol–water partition coefficient (Wildman–Crippen LogP) is 3.87. The zero-order valence-corrected chi connectivity index (χ0v) is 13.1. The van der Waals surface area contributed by atoms with Gasteiger partial charge in [-0.15, -0.1) is 0 Å². The van der Waals surface area contributed by atoms with E-state index in [1.807, 2.05) is 0 Å². The lowest BCUT2D eigenvalue weighted by Gasteiger charge is -2.30. The highest BCUT2D eigenvalue weighted by molar-refractivity contribution is 5.80. The Morgan fingerprint density at radius 1 is 1.24 bits per heavy atom. The molecule has 1 atom stereocenters. The third kappa shape index (κ3) is 5.92. The van der Waals surface area contributed by atoms with Crippen LogP contribution in [0.2, 0.25) is 0 Å². The van der Waals surface area contributed by atoms with Crippen molar-refractivity contribution in [1.29, 1.82) is 0 Å². The maximum absolute atomic E-state index is 13.5. The summed E-state index contributed by atoms with van der Waals surface area (Å²) in [6.45, 7) is 6.98. The van der Waals surface area contributed by atoms with Gasteiger partial charge in [-0.2, -0.15) is 0 Å². The van der Waals surface area contributed by atoms with E-state index in [-0.39, 0.29) is 23.2 Å². The van der Waals surface area contributed by atoms with Crippen molar-refractivity contribution >= 4 is 5.78 Å². The van der Waals surface area contributed by atoms with Gasteiger partial charge in [-0.3, -0.25) is 4.79 Å². The largest absolute Gasteiger partial charge is 0.330 e. The van der Waals surface area contributed by atoms with E-state index in [1.165, 1.54) is 0 Å². The van der Waals surface area contributed by atoms with Crippen molar-refractivity contribution in [2.24, 2.45) is 17.1 Å². The fraction of sp³-hybridized carbons (Fsp3) is 0.588. The van der Waals surface area contributed by atoms with Crippen molar-refractivity contribution in [3.63, 3.8) is 0 Å². The van der Waals surface area contributed by atoms with Gasteiger partial charge in [0, 0.05) is 12.8 Å². The first-order valence-corrected chi connectivity index (χ1v) is 7.39. The standard InChI is InChI=1S/C17H25F2NO/c1-17(2,3)13(8-9-20)4-6-15(21)11-12-10-14(18)5-7-16(12)19/h5,7,10,13H,4,6,8-9,11,20H2,1-3H3. The number of benzene rings is 1. The van der Waals surface area contributed by atoms with Crippen LogP contribution < -0.4 is 5.73 Å². The Labute approximate surface area is 125 Å². The van der Waals surface area contributed by atoms with E-state index in [1.54, 1.807) is 0 Å². The molecule has 2 N–H and O–H groups in total. The Kier molecular flexibility index (Phi) is 6.46. The first kappa shape index (κ1) is 17.8. The number of hydrogen-bond acceptors (Lipinski definition) is 2. The van der Waals surface area contributed by atoms with E-state index < -0.39 is 11.6 Å². The minimum absolute atomic E-state index is 0.0525. The monoisotopic (exact) mass is 297 g/mol. The molecule has 0 aliphatic carbocycles. The Morgan fingerprint density at radius 2 is 1.90 bits per heavy atom. The summed E-state index contributed by atoms with van der Waals surface area (Å²) in [4.78, 5) is 12.0. The average Bonchev–Trinajstić information content (AvgIpc) is 2.37. The summed E-state index contributed by atoms with van der Waals surface area (Å²) in [5, 5.41) is 0. The highest BCUT2D eigenvalue weighted by Gasteiger charge is 2.24. The summed E-state index contributed by atoms with van der Waals surface area (Å²) in [6, 6.07) is 3.21. The molecule has 0 aromatic heterocycles. The summed E-state index contributed by atoms with van der Waals surface area (Å²) in [5.74, 6) is -0.761. The van der Waals surface area contributed by atoms with Crippen molar-refractivity contribution in [3.8, 4) is 0 Å². The molecule has 0 amide bonds. The van der Waals surface area contributed by atoms with Crippen molar-refractivity contribution in [1.82, 2.24) is 0 Å². The van der Waals surface area contributed by atoms with Crippen LogP contribution >= 0.6 is 0 Å². The molecule has 21 heavy (non-hydrogen) atoms. The van der Waals surface area contributed by atoms with E-state index in [2.05, 4.69) is 20.8 Å². The lowest BCUT2D eigenvalue weighted by Crippen LogP contribution is -2.24. The Bertz CT molecular complexity index is 480. The topological polar surface area (TPSA) is 43.1 Å². The van der Waals surface area contributed by atoms with Crippen LogP contribution in [-0.4, -0.2) is 12.3 Å². The molecule has 0 aliphatic heterocycles. The second kappa shape index (κ2) is 7.64. The maximum atomic E-state index is 13.5. The van der Waals surface area contributed by atoms with E-state index in [4.69, 9.17) is 5.73 Å². The third-order valence-electron chi connectivity index (χ3n) is 3.91. The molecule has 0 saturated heterocycles. The van der Waals surface area contributed by atoms with Gasteiger partial charge in [0.05, 0.1) is 0 Å². The van der Waals surface area contributed by atoms with Crippen LogP contribution in [0.3, 0.4) is 0 Å². The highest BCUT2D eigenvalue weighted by Crippen LogP contribution is 2.32. The fourth-order valence-electron chi connectivity index (χ4n) is 2.53. The molecular formula is C17H25F2NO. The molecule has 2 nitrogen and oxygen atoms in total. The van der Waals surface area contributed by atoms with Crippen LogP contribution in [0.4, 0.5) is 8.78 Å². The summed E-state index contributed by atoms with van der Waals surface area (Å²) in [5.41, 5.74) is 5.83. The average molecular weight is 297 g/mol. The van der Waals surface area contributed by atoms with E-state index >= 15 is 0 Å². The van der Waals surface area contributed by atoms with Gasteiger partial charge >= 0.3 is 0 Å². The van der Waals surface area contributed by atoms with Gasteiger partial charge in [0.15, 0.2) is 0 Å². The van der Waals surface area contributed by atoms with Crippen LogP contribution in [0.15, 0.2) is 18.2 Å². The smallest absolute Gasteiger partial charge is 0.137 e. The van der Waals surface area contributed by atoms with Crippen LogP contribution in [0.1, 0.15) is 45.6 Å². The number of ketones is 1. The van der Waals surface area contributed by atoms with Gasteiger partial charge in [-0.1, -0.05) is 20.8 Å². The molecule has 0 fully saturated rings. The normalized spacial score (nSPS) is 13.2. The van der Waals surface area contributed by atoms with Crippen LogP contribution in [0.25, 0.3) is 0 Å². The molecule has 118 valence electrons. The zero-order chi connectivity index (χ0) is 16.0. The van der Waals surface area contributed by atoms with Gasteiger partial charge in [0.1, 0.15) is 17.4 Å².